The lowest BCUT2D eigenvalue weighted by Crippen LogP contribution is -2.03. The molecule has 1 atom stereocenters. The average molecular weight is 251 g/mol. The van der Waals surface area contributed by atoms with Crippen LogP contribution in [0.4, 0.5) is 0 Å². The monoisotopic (exact) mass is 251 g/mol. The van der Waals surface area contributed by atoms with Crippen LogP contribution in [0.15, 0.2) is 17.1 Å². The van der Waals surface area contributed by atoms with E-state index in [-0.39, 0.29) is 5.92 Å². The first-order chi connectivity index (χ1) is 8.67. The van der Waals surface area contributed by atoms with Crippen LogP contribution >= 0.6 is 0 Å². The standard InChI is InChI=1S/C13H17NO4/c1-9(7-14-8-15)10-5-12(17-3)13(18-4)6-11(10)16-2/h5-6,9H,7H2,1-4H3. The number of hydrogen-bond acceptors (Lipinski definition) is 5. The molecule has 0 saturated carbocycles. The van der Waals surface area contributed by atoms with Crippen LogP contribution in [0.1, 0.15) is 18.4 Å². The largest absolute Gasteiger partial charge is 0.496 e. The number of isocyanates is 1. The molecular weight excluding hydrogens is 234 g/mol. The summed E-state index contributed by atoms with van der Waals surface area (Å²) in [6.07, 6.45) is 1.54. The number of aliphatic imine (C=N–C) groups is 1. The molecule has 0 N–H and O–H groups in total. The van der Waals surface area contributed by atoms with Gasteiger partial charge in [-0.05, 0) is 6.07 Å². The fraction of sp³-hybridized carbons (Fsp3) is 0.462. The Kier molecular flexibility index (Phi) is 5.21. The molecule has 0 aliphatic rings. The van der Waals surface area contributed by atoms with Gasteiger partial charge in [-0.25, -0.2) is 9.79 Å². The van der Waals surface area contributed by atoms with E-state index in [0.717, 1.165) is 5.56 Å². The highest BCUT2D eigenvalue weighted by Crippen LogP contribution is 2.38. The van der Waals surface area contributed by atoms with Crippen molar-refractivity contribution >= 4 is 6.08 Å². The summed E-state index contributed by atoms with van der Waals surface area (Å²) < 4.78 is 15.8. The van der Waals surface area contributed by atoms with Crippen molar-refractivity contribution in [1.29, 1.82) is 0 Å². The molecule has 98 valence electrons. The molecule has 0 spiro atoms. The van der Waals surface area contributed by atoms with Gasteiger partial charge < -0.3 is 14.2 Å². The van der Waals surface area contributed by atoms with Crippen molar-refractivity contribution in [2.75, 3.05) is 27.9 Å². The van der Waals surface area contributed by atoms with Gasteiger partial charge in [-0.1, -0.05) is 6.92 Å². The number of benzene rings is 1. The van der Waals surface area contributed by atoms with E-state index < -0.39 is 0 Å². The van der Waals surface area contributed by atoms with Gasteiger partial charge in [-0.3, -0.25) is 0 Å². The molecule has 5 heteroatoms. The molecule has 1 aromatic rings. The Morgan fingerprint density at radius 1 is 1.11 bits per heavy atom. The number of hydrogen-bond donors (Lipinski definition) is 0. The maximum atomic E-state index is 10.2. The molecule has 0 fully saturated rings. The highest BCUT2D eigenvalue weighted by molar-refractivity contribution is 5.52. The molecule has 0 saturated heterocycles. The van der Waals surface area contributed by atoms with Crippen LogP contribution in [0.25, 0.3) is 0 Å². The second kappa shape index (κ2) is 6.67. The first-order valence-electron chi connectivity index (χ1n) is 5.51. The lowest BCUT2D eigenvalue weighted by molar-refractivity contribution is 0.346. The van der Waals surface area contributed by atoms with E-state index in [4.69, 9.17) is 14.2 Å². The van der Waals surface area contributed by atoms with Crippen molar-refractivity contribution in [2.24, 2.45) is 4.99 Å². The van der Waals surface area contributed by atoms with Gasteiger partial charge in [-0.15, -0.1) is 0 Å². The average Bonchev–Trinajstić information content (AvgIpc) is 2.42. The zero-order valence-corrected chi connectivity index (χ0v) is 11.0. The van der Waals surface area contributed by atoms with Crippen molar-refractivity contribution < 1.29 is 19.0 Å². The van der Waals surface area contributed by atoms with Crippen LogP contribution in [-0.4, -0.2) is 34.0 Å². The van der Waals surface area contributed by atoms with E-state index in [0.29, 0.717) is 23.8 Å². The molecule has 5 nitrogen and oxygen atoms in total. The molecule has 0 amide bonds. The second-order valence-corrected chi connectivity index (χ2v) is 3.78. The molecule has 0 aliphatic carbocycles. The molecular formula is C13H17NO4. The first-order valence-corrected chi connectivity index (χ1v) is 5.51. The van der Waals surface area contributed by atoms with Gasteiger partial charge in [-0.2, -0.15) is 0 Å². The van der Waals surface area contributed by atoms with E-state index in [9.17, 15) is 4.79 Å². The molecule has 0 aromatic heterocycles. The predicted molar refractivity (Wildman–Crippen MR) is 67.5 cm³/mol. The number of carbonyl (C=O) groups excluding carboxylic acids is 1. The smallest absolute Gasteiger partial charge is 0.234 e. The number of rotatable bonds is 6. The molecule has 1 rings (SSSR count). The van der Waals surface area contributed by atoms with Crippen LogP contribution in [0.2, 0.25) is 0 Å². The quantitative estimate of drug-likeness (QED) is 0.574. The van der Waals surface area contributed by atoms with Crippen molar-refractivity contribution in [1.82, 2.24) is 0 Å². The zero-order chi connectivity index (χ0) is 13.5. The lowest BCUT2D eigenvalue weighted by atomic mass is 9.99. The van der Waals surface area contributed by atoms with Crippen LogP contribution < -0.4 is 14.2 Å². The maximum absolute atomic E-state index is 10.2. The Morgan fingerprint density at radius 2 is 1.67 bits per heavy atom. The summed E-state index contributed by atoms with van der Waals surface area (Å²) in [7, 11) is 4.72. The van der Waals surface area contributed by atoms with Crippen molar-refractivity contribution in [3.63, 3.8) is 0 Å². The van der Waals surface area contributed by atoms with E-state index in [2.05, 4.69) is 4.99 Å². The Balaban J connectivity index is 3.19. The SMILES string of the molecule is COc1cc(OC)c(C(C)CN=C=O)cc1OC. The Bertz CT molecular complexity index is 453. The number of nitrogens with zero attached hydrogens (tertiary/aromatic N) is 1. The minimum atomic E-state index is 0.0289. The van der Waals surface area contributed by atoms with Gasteiger partial charge in [0.05, 0.1) is 27.9 Å². The predicted octanol–water partition coefficient (Wildman–Crippen LogP) is 2.15. The van der Waals surface area contributed by atoms with Crippen molar-refractivity contribution in [3.8, 4) is 17.2 Å². The number of methoxy groups -OCH3 is 3. The van der Waals surface area contributed by atoms with Crippen LogP contribution in [-0.2, 0) is 4.79 Å². The van der Waals surface area contributed by atoms with E-state index in [1.165, 1.54) is 6.08 Å². The summed E-state index contributed by atoms with van der Waals surface area (Å²) in [6.45, 7) is 2.31. The molecule has 0 heterocycles. The molecule has 1 unspecified atom stereocenters. The Labute approximate surface area is 106 Å². The molecule has 18 heavy (non-hydrogen) atoms. The second-order valence-electron chi connectivity index (χ2n) is 3.78. The third-order valence-electron chi connectivity index (χ3n) is 2.70. The molecule has 0 bridgehead atoms. The molecule has 0 aliphatic heterocycles. The lowest BCUT2D eigenvalue weighted by Gasteiger charge is -2.17. The van der Waals surface area contributed by atoms with Crippen LogP contribution in [0.3, 0.4) is 0 Å². The van der Waals surface area contributed by atoms with E-state index in [1.807, 2.05) is 13.0 Å². The summed E-state index contributed by atoms with van der Waals surface area (Å²) in [4.78, 5) is 13.7. The third-order valence-corrected chi connectivity index (χ3v) is 2.70. The summed E-state index contributed by atoms with van der Waals surface area (Å²) in [5, 5.41) is 0. The Morgan fingerprint density at radius 3 is 2.17 bits per heavy atom. The topological polar surface area (TPSA) is 57.1 Å². The molecule has 0 radical (unpaired) electrons. The minimum Gasteiger partial charge on any atom is -0.496 e. The molecule has 1 aromatic carbocycles. The normalized spacial score (nSPS) is 11.3. The van der Waals surface area contributed by atoms with Gasteiger partial charge in [0.25, 0.3) is 0 Å². The zero-order valence-electron chi connectivity index (χ0n) is 11.0. The fourth-order valence-electron chi connectivity index (χ4n) is 1.71. The van der Waals surface area contributed by atoms with Gasteiger partial charge in [0.1, 0.15) is 5.75 Å². The highest BCUT2D eigenvalue weighted by Gasteiger charge is 2.16. The minimum absolute atomic E-state index is 0.0289. The van der Waals surface area contributed by atoms with Gasteiger partial charge in [0.15, 0.2) is 11.5 Å². The highest BCUT2D eigenvalue weighted by atomic mass is 16.5. The van der Waals surface area contributed by atoms with Gasteiger partial charge in [0.2, 0.25) is 6.08 Å². The fourth-order valence-corrected chi connectivity index (χ4v) is 1.71. The van der Waals surface area contributed by atoms with Crippen LogP contribution in [0.5, 0.6) is 17.2 Å². The van der Waals surface area contributed by atoms with Crippen molar-refractivity contribution in [2.45, 2.75) is 12.8 Å². The summed E-state index contributed by atoms with van der Waals surface area (Å²) in [6, 6.07) is 3.60. The van der Waals surface area contributed by atoms with E-state index in [1.54, 1.807) is 27.4 Å². The van der Waals surface area contributed by atoms with Crippen molar-refractivity contribution in [3.05, 3.63) is 17.7 Å². The van der Waals surface area contributed by atoms with Gasteiger partial charge in [0, 0.05) is 17.5 Å². The van der Waals surface area contributed by atoms with E-state index >= 15 is 0 Å². The summed E-state index contributed by atoms with van der Waals surface area (Å²) >= 11 is 0. The summed E-state index contributed by atoms with van der Waals surface area (Å²) in [5.41, 5.74) is 0.911. The number of ether oxygens (including phenoxy) is 3. The Hall–Kier alpha value is -2.00. The maximum Gasteiger partial charge on any atom is 0.234 e. The third kappa shape index (κ3) is 3.02. The van der Waals surface area contributed by atoms with Crippen LogP contribution in [0, 0.1) is 0 Å². The summed E-state index contributed by atoms with van der Waals surface area (Å²) in [5.74, 6) is 1.93. The van der Waals surface area contributed by atoms with Gasteiger partial charge >= 0.3 is 0 Å². The first kappa shape index (κ1) is 14.1.